The van der Waals surface area contributed by atoms with Gasteiger partial charge in [-0.2, -0.15) is 0 Å². The number of carbonyl (C=O) groups is 1. The largest absolute Gasteiger partial charge is 0.464 e. The van der Waals surface area contributed by atoms with Crippen LogP contribution in [0, 0.1) is 12.8 Å². The molecule has 4 rings (SSSR count). The number of halogens is 2. The molecule has 10 heteroatoms. The van der Waals surface area contributed by atoms with E-state index in [4.69, 9.17) is 4.74 Å². The molecular formula is C22H30F2N4O2S2. The van der Waals surface area contributed by atoms with Crippen LogP contribution in [0.3, 0.4) is 0 Å². The summed E-state index contributed by atoms with van der Waals surface area (Å²) in [5.74, 6) is 0.787. The Bertz CT molecular complexity index is 896. The van der Waals surface area contributed by atoms with Crippen LogP contribution in [-0.2, 0) is 24.2 Å². The van der Waals surface area contributed by atoms with E-state index in [1.165, 1.54) is 11.3 Å². The van der Waals surface area contributed by atoms with Gasteiger partial charge >= 0.3 is 0 Å². The maximum atomic E-state index is 12.3. The first-order chi connectivity index (χ1) is 15.4. The molecule has 1 N–H and O–H groups in total. The van der Waals surface area contributed by atoms with Crippen LogP contribution in [0.2, 0.25) is 0 Å². The first kappa shape index (κ1) is 23.5. The SMILES string of the molecule is Cc1ncc(CC(=O)N[C@H]2CC[C@H](CCN3CCc4sc(OCC(F)F)nc4C3)CC2)s1. The molecule has 0 unspecified atom stereocenters. The van der Waals surface area contributed by atoms with Gasteiger partial charge in [0.25, 0.3) is 11.6 Å². The van der Waals surface area contributed by atoms with Crippen molar-refractivity contribution in [2.75, 3.05) is 19.7 Å². The van der Waals surface area contributed by atoms with Crippen LogP contribution in [0.4, 0.5) is 8.78 Å². The first-order valence-corrected chi connectivity index (χ1v) is 12.9. The smallest absolute Gasteiger partial charge is 0.273 e. The van der Waals surface area contributed by atoms with Gasteiger partial charge in [-0.05, 0) is 57.9 Å². The third-order valence-corrected chi connectivity index (χ3v) is 8.17. The number of fused-ring (bicyclic) bond motifs is 1. The summed E-state index contributed by atoms with van der Waals surface area (Å²) < 4.78 is 29.8. The van der Waals surface area contributed by atoms with Gasteiger partial charge in [0.2, 0.25) is 5.91 Å². The van der Waals surface area contributed by atoms with Gasteiger partial charge in [0.15, 0.2) is 6.61 Å². The minimum absolute atomic E-state index is 0.0985. The van der Waals surface area contributed by atoms with Crippen molar-refractivity contribution in [1.82, 2.24) is 20.2 Å². The molecule has 0 atom stereocenters. The summed E-state index contributed by atoms with van der Waals surface area (Å²) in [5.41, 5.74) is 0.980. The van der Waals surface area contributed by atoms with Crippen molar-refractivity contribution >= 4 is 28.6 Å². The predicted molar refractivity (Wildman–Crippen MR) is 122 cm³/mol. The van der Waals surface area contributed by atoms with Crippen LogP contribution in [0.5, 0.6) is 5.19 Å². The number of nitrogens with zero attached hydrogens (tertiary/aromatic N) is 3. The van der Waals surface area contributed by atoms with Crippen LogP contribution in [0.25, 0.3) is 0 Å². The zero-order valence-electron chi connectivity index (χ0n) is 18.3. The number of aromatic nitrogens is 2. The first-order valence-electron chi connectivity index (χ1n) is 11.3. The van der Waals surface area contributed by atoms with Crippen LogP contribution in [0.15, 0.2) is 6.20 Å². The van der Waals surface area contributed by atoms with Crippen molar-refractivity contribution in [1.29, 1.82) is 0 Å². The van der Waals surface area contributed by atoms with Crippen molar-refractivity contribution in [3.8, 4) is 5.19 Å². The summed E-state index contributed by atoms with van der Waals surface area (Å²) in [6.07, 6.45) is 6.17. The number of alkyl halides is 2. The summed E-state index contributed by atoms with van der Waals surface area (Å²) in [5, 5.41) is 4.55. The number of aryl methyl sites for hydroxylation is 1. The molecule has 2 aliphatic rings. The Kier molecular flexibility index (Phi) is 8.07. The van der Waals surface area contributed by atoms with E-state index in [1.807, 2.05) is 6.92 Å². The topological polar surface area (TPSA) is 67.4 Å². The van der Waals surface area contributed by atoms with Crippen LogP contribution in [-0.4, -0.2) is 52.9 Å². The Labute approximate surface area is 195 Å². The number of carbonyl (C=O) groups excluding carboxylic acids is 1. The normalized spacial score (nSPS) is 21.5. The van der Waals surface area contributed by atoms with Crippen molar-refractivity contribution in [3.63, 3.8) is 0 Å². The highest BCUT2D eigenvalue weighted by Gasteiger charge is 2.25. The quantitative estimate of drug-likeness (QED) is 0.577. The maximum absolute atomic E-state index is 12.3. The monoisotopic (exact) mass is 484 g/mol. The minimum Gasteiger partial charge on any atom is -0.464 e. The Morgan fingerprint density at radius 2 is 2.12 bits per heavy atom. The molecule has 0 radical (unpaired) electrons. The Morgan fingerprint density at radius 1 is 1.31 bits per heavy atom. The lowest BCUT2D eigenvalue weighted by Crippen LogP contribution is -2.39. The summed E-state index contributed by atoms with van der Waals surface area (Å²) >= 11 is 2.98. The predicted octanol–water partition coefficient (Wildman–Crippen LogP) is 4.22. The fourth-order valence-corrected chi connectivity index (χ4v) is 6.21. The summed E-state index contributed by atoms with van der Waals surface area (Å²) in [7, 11) is 0. The number of hydrogen-bond acceptors (Lipinski definition) is 7. The maximum Gasteiger partial charge on any atom is 0.273 e. The molecule has 0 bridgehead atoms. The number of hydrogen-bond donors (Lipinski definition) is 1. The molecule has 1 saturated carbocycles. The Balaban J connectivity index is 1.14. The standard InChI is InChI=1S/C22H30F2N4O2S2/c1-14-25-11-17(31-14)10-21(29)26-16-4-2-15(3-5-16)6-8-28-9-7-19-18(12-28)27-22(32-19)30-13-20(23)24/h11,15-16,20H,2-10,12-13H2,1H3,(H,26,29)/t15-,16-. The lowest BCUT2D eigenvalue weighted by molar-refractivity contribution is -0.121. The lowest BCUT2D eigenvalue weighted by Gasteiger charge is -2.32. The molecule has 1 amide bonds. The fourth-order valence-electron chi connectivity index (χ4n) is 4.50. The molecule has 2 aromatic heterocycles. The highest BCUT2D eigenvalue weighted by atomic mass is 32.1. The molecule has 0 spiro atoms. The molecule has 6 nitrogen and oxygen atoms in total. The number of ether oxygens (including phenoxy) is 1. The van der Waals surface area contributed by atoms with E-state index < -0.39 is 13.0 Å². The fraction of sp³-hybridized carbons (Fsp3) is 0.682. The second-order valence-electron chi connectivity index (χ2n) is 8.67. The van der Waals surface area contributed by atoms with E-state index in [9.17, 15) is 13.6 Å². The van der Waals surface area contributed by atoms with Gasteiger partial charge < -0.3 is 10.1 Å². The van der Waals surface area contributed by atoms with Gasteiger partial charge in [0, 0.05) is 35.1 Å². The summed E-state index contributed by atoms with van der Waals surface area (Å²) in [4.78, 5) is 25.5. The average Bonchev–Trinajstić information content (AvgIpc) is 3.36. The van der Waals surface area contributed by atoms with E-state index in [1.54, 1.807) is 17.5 Å². The van der Waals surface area contributed by atoms with E-state index in [2.05, 4.69) is 20.2 Å². The van der Waals surface area contributed by atoms with Crippen molar-refractivity contribution in [2.45, 2.75) is 70.9 Å². The van der Waals surface area contributed by atoms with Gasteiger partial charge in [-0.15, -0.1) is 11.3 Å². The minimum atomic E-state index is -2.47. The van der Waals surface area contributed by atoms with Gasteiger partial charge in [0.1, 0.15) is 0 Å². The van der Waals surface area contributed by atoms with Gasteiger partial charge in [-0.25, -0.2) is 18.7 Å². The Morgan fingerprint density at radius 3 is 2.84 bits per heavy atom. The molecule has 2 aromatic rings. The zero-order valence-corrected chi connectivity index (χ0v) is 20.0. The van der Waals surface area contributed by atoms with E-state index in [-0.39, 0.29) is 11.9 Å². The number of nitrogens with one attached hydrogen (secondary N) is 1. The molecule has 1 aliphatic carbocycles. The highest BCUT2D eigenvalue weighted by molar-refractivity contribution is 7.13. The molecule has 176 valence electrons. The van der Waals surface area contributed by atoms with E-state index >= 15 is 0 Å². The molecule has 32 heavy (non-hydrogen) atoms. The molecule has 1 fully saturated rings. The highest BCUT2D eigenvalue weighted by Crippen LogP contribution is 2.31. The third-order valence-electron chi connectivity index (χ3n) is 6.19. The average molecular weight is 485 g/mol. The third kappa shape index (κ3) is 6.68. The molecule has 3 heterocycles. The summed E-state index contributed by atoms with van der Waals surface area (Å²) in [6.45, 7) is 4.13. The van der Waals surface area contributed by atoms with Crippen LogP contribution < -0.4 is 10.1 Å². The van der Waals surface area contributed by atoms with Crippen molar-refractivity contribution in [2.24, 2.45) is 5.92 Å². The van der Waals surface area contributed by atoms with Crippen molar-refractivity contribution < 1.29 is 18.3 Å². The molecular weight excluding hydrogens is 454 g/mol. The van der Waals surface area contributed by atoms with Crippen LogP contribution >= 0.6 is 22.7 Å². The summed E-state index contributed by atoms with van der Waals surface area (Å²) in [6, 6.07) is 0.284. The lowest BCUT2D eigenvalue weighted by atomic mass is 9.84. The van der Waals surface area contributed by atoms with E-state index in [0.29, 0.717) is 17.5 Å². The molecule has 1 aliphatic heterocycles. The molecule has 0 saturated heterocycles. The Hall–Kier alpha value is -1.65. The van der Waals surface area contributed by atoms with Crippen molar-refractivity contribution in [3.05, 3.63) is 26.7 Å². The van der Waals surface area contributed by atoms with Gasteiger partial charge in [-0.3, -0.25) is 9.69 Å². The second kappa shape index (κ2) is 11.0. The number of rotatable bonds is 9. The van der Waals surface area contributed by atoms with Gasteiger partial charge in [0.05, 0.1) is 17.1 Å². The zero-order chi connectivity index (χ0) is 22.5. The second-order valence-corrected chi connectivity index (χ2v) is 11.0. The van der Waals surface area contributed by atoms with Crippen LogP contribution in [0.1, 0.15) is 52.6 Å². The number of thiazole rings is 2. The van der Waals surface area contributed by atoms with Gasteiger partial charge in [-0.1, -0.05) is 11.3 Å². The van der Waals surface area contributed by atoms with E-state index in [0.717, 1.165) is 78.6 Å². The molecule has 0 aromatic carbocycles. The number of amides is 1.